The average Bonchev–Trinajstić information content (AvgIpc) is 2.80. The summed E-state index contributed by atoms with van der Waals surface area (Å²) in [6.07, 6.45) is 12.9. The van der Waals surface area contributed by atoms with Crippen molar-refractivity contribution < 1.29 is 4.79 Å². The molecule has 32 heavy (non-hydrogen) atoms. The predicted octanol–water partition coefficient (Wildman–Crippen LogP) is 8.26. The van der Waals surface area contributed by atoms with Crippen molar-refractivity contribution in [2.45, 2.75) is 103 Å². The number of piperidine rings is 1. The molecule has 0 N–H and O–H groups in total. The molecule has 1 aliphatic heterocycles. The van der Waals surface area contributed by atoms with Crippen molar-refractivity contribution in [1.82, 2.24) is 4.90 Å². The maximum atomic E-state index is 12.0. The second-order valence-electron chi connectivity index (χ2n) is 10.4. The van der Waals surface area contributed by atoms with E-state index in [1.165, 1.54) is 48.5 Å². The summed E-state index contributed by atoms with van der Waals surface area (Å²) in [5, 5.41) is 0. The molecule has 2 nitrogen and oxygen atoms in total. The standard InChI is InChI=1S/C17H22NO.3C4H9.Sn/c1-3-16-13-18(10-9-17(16)11-14(2)19)12-15-7-5-4-6-8-15;3*1-3-4-2;/h3-8,17H,1,9-13H2,2H3;3*1,3-4H2,2H3;/b16-3-;;;;. The first-order valence-electron chi connectivity index (χ1n) is 13.5. The first-order chi connectivity index (χ1) is 15.5. The van der Waals surface area contributed by atoms with Crippen LogP contribution in [0.2, 0.25) is 17.7 Å². The fourth-order valence-electron chi connectivity index (χ4n) is 5.46. The maximum absolute atomic E-state index is 12.0. The van der Waals surface area contributed by atoms with Crippen LogP contribution >= 0.6 is 0 Å². The van der Waals surface area contributed by atoms with E-state index in [2.05, 4.69) is 62.1 Å². The van der Waals surface area contributed by atoms with Gasteiger partial charge in [0.25, 0.3) is 0 Å². The molecule has 1 fully saturated rings. The molecule has 0 aromatic heterocycles. The van der Waals surface area contributed by atoms with Crippen molar-refractivity contribution in [2.75, 3.05) is 13.1 Å². The Morgan fingerprint density at radius 1 is 1.00 bits per heavy atom. The number of allylic oxidation sites excluding steroid dienone is 1. The van der Waals surface area contributed by atoms with Crippen LogP contribution in [0.25, 0.3) is 0 Å². The molecule has 1 aromatic carbocycles. The Morgan fingerprint density at radius 3 is 2.12 bits per heavy atom. The summed E-state index contributed by atoms with van der Waals surface area (Å²) in [5.74, 6) is 0.835. The van der Waals surface area contributed by atoms with Gasteiger partial charge < -0.3 is 0 Å². The molecule has 1 heterocycles. The molecule has 0 spiro atoms. The average molecular weight is 546 g/mol. The normalized spacial score (nSPS) is 18.9. The van der Waals surface area contributed by atoms with Gasteiger partial charge in [0.05, 0.1) is 0 Å². The Bertz CT molecular complexity index is 662. The Kier molecular flexibility index (Phi) is 13.2. The summed E-state index contributed by atoms with van der Waals surface area (Å²) in [6.45, 7) is 12.1. The minimum atomic E-state index is -2.18. The van der Waals surface area contributed by atoms with Gasteiger partial charge in [-0.15, -0.1) is 0 Å². The number of carbonyl (C=O) groups excluding carboxylic acids is 1. The van der Waals surface area contributed by atoms with Crippen LogP contribution in [0.15, 0.2) is 42.0 Å². The van der Waals surface area contributed by atoms with Crippen molar-refractivity contribution in [3.8, 4) is 0 Å². The van der Waals surface area contributed by atoms with E-state index in [0.29, 0.717) is 11.7 Å². The van der Waals surface area contributed by atoms with Gasteiger partial charge in [-0.05, 0) is 0 Å². The van der Waals surface area contributed by atoms with Gasteiger partial charge in [-0.1, -0.05) is 0 Å². The number of hydrogen-bond donors (Lipinski definition) is 0. The van der Waals surface area contributed by atoms with Crippen LogP contribution in [-0.4, -0.2) is 42.1 Å². The Morgan fingerprint density at radius 2 is 1.59 bits per heavy atom. The summed E-state index contributed by atoms with van der Waals surface area (Å²) in [6, 6.07) is 10.9. The second kappa shape index (κ2) is 15.3. The first kappa shape index (κ1) is 27.6. The molecule has 180 valence electrons. The topological polar surface area (TPSA) is 20.3 Å². The van der Waals surface area contributed by atoms with Crippen LogP contribution in [0.5, 0.6) is 0 Å². The van der Waals surface area contributed by atoms with Gasteiger partial charge in [0, 0.05) is 0 Å². The van der Waals surface area contributed by atoms with E-state index >= 15 is 0 Å². The molecule has 1 atom stereocenters. The summed E-state index contributed by atoms with van der Waals surface area (Å²) < 4.78 is 6.12. The fourth-order valence-corrected chi connectivity index (χ4v) is 20.8. The van der Waals surface area contributed by atoms with E-state index in [4.69, 9.17) is 0 Å². The van der Waals surface area contributed by atoms with E-state index in [9.17, 15) is 4.79 Å². The number of unbranched alkanes of at least 4 members (excludes halogenated alkanes) is 3. The van der Waals surface area contributed by atoms with Gasteiger partial charge in [-0.2, -0.15) is 0 Å². The van der Waals surface area contributed by atoms with Gasteiger partial charge in [0.15, 0.2) is 0 Å². The molecule has 0 amide bonds. The Hall–Kier alpha value is -0.611. The van der Waals surface area contributed by atoms with Crippen LogP contribution in [0.3, 0.4) is 0 Å². The molecular formula is C29H49NOSn. The number of likely N-dealkylation sites (tertiary alicyclic amines) is 1. The summed E-state index contributed by atoms with van der Waals surface area (Å²) in [7, 11) is 0. The zero-order valence-electron chi connectivity index (χ0n) is 21.5. The van der Waals surface area contributed by atoms with Crippen molar-refractivity contribution >= 4 is 24.2 Å². The Balaban J connectivity index is 2.20. The summed E-state index contributed by atoms with van der Waals surface area (Å²) in [5.41, 5.74) is 2.99. The van der Waals surface area contributed by atoms with Crippen molar-refractivity contribution in [3.05, 3.63) is 47.5 Å². The van der Waals surface area contributed by atoms with Gasteiger partial charge in [-0.25, -0.2) is 0 Å². The van der Waals surface area contributed by atoms with E-state index in [0.717, 1.165) is 32.5 Å². The van der Waals surface area contributed by atoms with Crippen LogP contribution < -0.4 is 0 Å². The third kappa shape index (κ3) is 9.71. The zero-order valence-corrected chi connectivity index (χ0v) is 24.4. The molecule has 1 aromatic rings. The molecular weight excluding hydrogens is 497 g/mol. The molecule has 0 saturated carbocycles. The quantitative estimate of drug-likeness (QED) is 0.163. The van der Waals surface area contributed by atoms with Gasteiger partial charge >= 0.3 is 204 Å². The molecule has 2 rings (SSSR count). The number of Topliss-reactive ketones (excluding diaryl/α,β-unsaturated/α-hetero) is 1. The van der Waals surface area contributed by atoms with Gasteiger partial charge in [-0.3, -0.25) is 0 Å². The van der Waals surface area contributed by atoms with E-state index < -0.39 is 18.4 Å². The number of benzene rings is 1. The van der Waals surface area contributed by atoms with E-state index in [1.807, 2.05) is 0 Å². The monoisotopic (exact) mass is 547 g/mol. The van der Waals surface area contributed by atoms with Crippen LogP contribution in [0.1, 0.15) is 84.6 Å². The van der Waals surface area contributed by atoms with Gasteiger partial charge in [0.1, 0.15) is 0 Å². The SMILES string of the molecule is CCC[CH2][Sn]([CH2]/C=C1/CN(Cc2ccccc2)CCC1CC(C)=O)([CH2]CCC)[CH2]CCC. The minimum absolute atomic E-state index is 0.357. The van der Waals surface area contributed by atoms with Crippen LogP contribution in [-0.2, 0) is 11.3 Å². The second-order valence-corrected chi connectivity index (χ2v) is 24.4. The van der Waals surface area contributed by atoms with Crippen LogP contribution in [0, 0.1) is 5.92 Å². The zero-order chi connectivity index (χ0) is 23.2. The summed E-state index contributed by atoms with van der Waals surface area (Å²) in [4.78, 5) is 14.6. The van der Waals surface area contributed by atoms with Gasteiger partial charge in [0.2, 0.25) is 0 Å². The van der Waals surface area contributed by atoms with Crippen molar-refractivity contribution in [1.29, 1.82) is 0 Å². The van der Waals surface area contributed by atoms with Crippen molar-refractivity contribution in [3.63, 3.8) is 0 Å². The number of carbonyl (C=O) groups is 1. The fraction of sp³-hybridized carbons (Fsp3) is 0.690. The molecule has 1 unspecified atom stereocenters. The molecule has 0 bridgehead atoms. The van der Waals surface area contributed by atoms with E-state index in [1.54, 1.807) is 25.8 Å². The third-order valence-electron chi connectivity index (χ3n) is 7.49. The number of ketones is 1. The molecule has 1 aliphatic rings. The number of nitrogens with zero attached hydrogens (tertiary/aromatic N) is 1. The van der Waals surface area contributed by atoms with Crippen LogP contribution in [0.4, 0.5) is 0 Å². The molecule has 0 radical (unpaired) electrons. The first-order valence-corrected chi connectivity index (χ1v) is 21.5. The number of hydrogen-bond acceptors (Lipinski definition) is 2. The summed E-state index contributed by atoms with van der Waals surface area (Å²) >= 11 is -2.18. The molecule has 3 heteroatoms. The molecule has 0 aliphatic carbocycles. The Labute approximate surface area is 203 Å². The number of rotatable bonds is 15. The van der Waals surface area contributed by atoms with E-state index in [-0.39, 0.29) is 0 Å². The van der Waals surface area contributed by atoms with Crippen molar-refractivity contribution in [2.24, 2.45) is 5.92 Å². The molecule has 1 saturated heterocycles. The predicted molar refractivity (Wildman–Crippen MR) is 143 cm³/mol. The third-order valence-corrected chi connectivity index (χ3v) is 22.6.